The summed E-state index contributed by atoms with van der Waals surface area (Å²) in [5.41, 5.74) is 4.96. The van der Waals surface area contributed by atoms with E-state index in [1.807, 2.05) is 6.26 Å². The Kier molecular flexibility index (Phi) is 7.12. The van der Waals surface area contributed by atoms with Gasteiger partial charge < -0.3 is 21.1 Å². The molecule has 0 bridgehead atoms. The highest BCUT2D eigenvalue weighted by Crippen LogP contribution is 2.37. The summed E-state index contributed by atoms with van der Waals surface area (Å²) in [5, 5.41) is 5.11. The molecule has 1 aliphatic rings. The summed E-state index contributed by atoms with van der Waals surface area (Å²) in [7, 11) is 0. The van der Waals surface area contributed by atoms with Crippen LogP contribution in [0.5, 0.6) is 0 Å². The normalized spacial score (nSPS) is 16.8. The number of thioether (sulfide) groups is 1. The van der Waals surface area contributed by atoms with Crippen LogP contribution in [0.4, 0.5) is 16.2 Å². The van der Waals surface area contributed by atoms with E-state index in [1.54, 1.807) is 38.1 Å². The molecular formula is C19H26N4O5S. The van der Waals surface area contributed by atoms with E-state index in [4.69, 9.17) is 10.5 Å². The van der Waals surface area contributed by atoms with Crippen molar-refractivity contribution in [1.29, 1.82) is 0 Å². The standard InChI is InChI=1S/C19H26N4O5S/c1-11(28-16(25)13(9-10-29-4)22-18(20)27)15(24)23-14-8-6-5-7-12(14)21-17(26)19(23,2)3/h5-8,11,13H,9-10H2,1-4H3,(H,21,26)(H3,20,22,27)/t11-,13-/m0/s1. The molecule has 1 aromatic rings. The maximum absolute atomic E-state index is 13.2. The van der Waals surface area contributed by atoms with Gasteiger partial charge in [0, 0.05) is 0 Å². The molecule has 0 saturated heterocycles. The van der Waals surface area contributed by atoms with Crippen LogP contribution in [-0.2, 0) is 19.1 Å². The molecule has 4 N–H and O–H groups in total. The maximum atomic E-state index is 13.2. The first-order valence-electron chi connectivity index (χ1n) is 9.09. The van der Waals surface area contributed by atoms with Gasteiger partial charge in [-0.15, -0.1) is 0 Å². The minimum Gasteiger partial charge on any atom is -0.451 e. The molecule has 158 valence electrons. The second-order valence-electron chi connectivity index (χ2n) is 7.13. The van der Waals surface area contributed by atoms with Crippen LogP contribution in [0.2, 0.25) is 0 Å². The molecule has 4 amide bonds. The smallest absolute Gasteiger partial charge is 0.329 e. The zero-order chi connectivity index (χ0) is 21.8. The number of ether oxygens (including phenoxy) is 1. The van der Waals surface area contributed by atoms with Crippen LogP contribution in [0.15, 0.2) is 24.3 Å². The van der Waals surface area contributed by atoms with Crippen molar-refractivity contribution >= 4 is 47.0 Å². The fraction of sp³-hybridized carbons (Fsp3) is 0.474. The monoisotopic (exact) mass is 422 g/mol. The highest BCUT2D eigenvalue weighted by Gasteiger charge is 2.45. The zero-order valence-corrected chi connectivity index (χ0v) is 17.7. The lowest BCUT2D eigenvalue weighted by Crippen LogP contribution is -2.61. The van der Waals surface area contributed by atoms with Gasteiger partial charge in [0.05, 0.1) is 11.4 Å². The number of esters is 1. The lowest BCUT2D eigenvalue weighted by molar-refractivity contribution is -0.156. The minimum absolute atomic E-state index is 0.310. The Morgan fingerprint density at radius 2 is 1.97 bits per heavy atom. The number of carbonyl (C=O) groups excluding carboxylic acids is 4. The number of amides is 4. The number of nitrogens with zero attached hydrogens (tertiary/aromatic N) is 1. The average Bonchev–Trinajstić information content (AvgIpc) is 2.65. The van der Waals surface area contributed by atoms with Crippen LogP contribution < -0.4 is 21.3 Å². The molecular weight excluding hydrogens is 396 g/mol. The largest absolute Gasteiger partial charge is 0.451 e. The number of anilines is 2. The summed E-state index contributed by atoms with van der Waals surface area (Å²) in [5.74, 6) is -1.06. The lowest BCUT2D eigenvalue weighted by Gasteiger charge is -2.42. The van der Waals surface area contributed by atoms with Crippen molar-refractivity contribution < 1.29 is 23.9 Å². The van der Waals surface area contributed by atoms with Gasteiger partial charge in [-0.3, -0.25) is 14.5 Å². The van der Waals surface area contributed by atoms with E-state index in [0.29, 0.717) is 23.5 Å². The average molecular weight is 423 g/mol. The molecule has 2 atom stereocenters. The van der Waals surface area contributed by atoms with Crippen molar-refractivity contribution in [3.63, 3.8) is 0 Å². The van der Waals surface area contributed by atoms with E-state index in [2.05, 4.69) is 10.6 Å². The molecule has 1 aliphatic heterocycles. The molecule has 1 heterocycles. The Balaban J connectivity index is 2.22. The predicted octanol–water partition coefficient (Wildman–Crippen LogP) is 1.47. The van der Waals surface area contributed by atoms with Gasteiger partial charge in [0.15, 0.2) is 6.10 Å². The van der Waals surface area contributed by atoms with E-state index < -0.39 is 35.6 Å². The first-order valence-corrected chi connectivity index (χ1v) is 10.5. The predicted molar refractivity (Wildman–Crippen MR) is 112 cm³/mol. The van der Waals surface area contributed by atoms with Gasteiger partial charge in [-0.25, -0.2) is 9.59 Å². The number of para-hydroxylation sites is 2. The Bertz CT molecular complexity index is 814. The molecule has 0 aromatic heterocycles. The van der Waals surface area contributed by atoms with Crippen molar-refractivity contribution in [3.05, 3.63) is 24.3 Å². The first-order chi connectivity index (χ1) is 13.6. The molecule has 29 heavy (non-hydrogen) atoms. The van der Waals surface area contributed by atoms with E-state index in [9.17, 15) is 19.2 Å². The number of urea groups is 1. The Hall–Kier alpha value is -2.75. The van der Waals surface area contributed by atoms with Crippen molar-refractivity contribution in [3.8, 4) is 0 Å². The van der Waals surface area contributed by atoms with Crippen molar-refractivity contribution in [2.24, 2.45) is 5.73 Å². The topological polar surface area (TPSA) is 131 Å². The number of fused-ring (bicyclic) bond motifs is 1. The van der Waals surface area contributed by atoms with Crippen LogP contribution in [-0.4, -0.2) is 53.5 Å². The Labute approximate surface area is 173 Å². The number of benzene rings is 1. The first kappa shape index (κ1) is 22.5. The van der Waals surface area contributed by atoms with Gasteiger partial charge in [-0.1, -0.05) is 12.1 Å². The van der Waals surface area contributed by atoms with Crippen molar-refractivity contribution in [2.75, 3.05) is 22.2 Å². The highest BCUT2D eigenvalue weighted by atomic mass is 32.2. The van der Waals surface area contributed by atoms with E-state index in [1.165, 1.54) is 23.6 Å². The third-order valence-electron chi connectivity index (χ3n) is 4.58. The molecule has 10 heteroatoms. The number of primary amides is 1. The van der Waals surface area contributed by atoms with Crippen LogP contribution in [0.3, 0.4) is 0 Å². The summed E-state index contributed by atoms with van der Waals surface area (Å²) < 4.78 is 5.33. The zero-order valence-electron chi connectivity index (χ0n) is 16.9. The fourth-order valence-corrected chi connectivity index (χ4v) is 3.46. The van der Waals surface area contributed by atoms with Gasteiger partial charge in [0.1, 0.15) is 11.6 Å². The Morgan fingerprint density at radius 1 is 1.31 bits per heavy atom. The van der Waals surface area contributed by atoms with Crippen LogP contribution in [0.25, 0.3) is 0 Å². The minimum atomic E-state index is -1.18. The van der Waals surface area contributed by atoms with Crippen LogP contribution >= 0.6 is 11.8 Å². The number of rotatable bonds is 7. The van der Waals surface area contributed by atoms with Gasteiger partial charge >= 0.3 is 12.0 Å². The number of hydrogen-bond acceptors (Lipinski definition) is 6. The van der Waals surface area contributed by atoms with Crippen LogP contribution in [0, 0.1) is 0 Å². The molecule has 1 aromatic carbocycles. The second-order valence-corrected chi connectivity index (χ2v) is 8.11. The third kappa shape index (κ3) is 5.00. The summed E-state index contributed by atoms with van der Waals surface area (Å²) in [6.07, 6.45) is 0.997. The number of nitrogens with one attached hydrogen (secondary N) is 2. The van der Waals surface area contributed by atoms with Gasteiger partial charge in [0.25, 0.3) is 5.91 Å². The third-order valence-corrected chi connectivity index (χ3v) is 5.22. The highest BCUT2D eigenvalue weighted by molar-refractivity contribution is 7.98. The summed E-state index contributed by atoms with van der Waals surface area (Å²) in [6.45, 7) is 4.66. The SMILES string of the molecule is CSCC[C@H](NC(N)=O)C(=O)O[C@@H](C)C(=O)N1c2ccccc2NC(=O)C1(C)C. The molecule has 0 saturated carbocycles. The number of hydrogen-bond donors (Lipinski definition) is 3. The maximum Gasteiger partial charge on any atom is 0.329 e. The summed E-state index contributed by atoms with van der Waals surface area (Å²) >= 11 is 1.50. The number of nitrogens with two attached hydrogens (primary N) is 1. The molecule has 9 nitrogen and oxygen atoms in total. The van der Waals surface area contributed by atoms with Crippen molar-refractivity contribution in [1.82, 2.24) is 5.32 Å². The molecule has 0 radical (unpaired) electrons. The number of carbonyl (C=O) groups is 4. The Morgan fingerprint density at radius 3 is 2.59 bits per heavy atom. The molecule has 0 unspecified atom stereocenters. The van der Waals surface area contributed by atoms with Crippen LogP contribution in [0.1, 0.15) is 27.2 Å². The molecule has 0 spiro atoms. The second kappa shape index (κ2) is 9.17. The quantitative estimate of drug-likeness (QED) is 0.571. The molecule has 0 fully saturated rings. The van der Waals surface area contributed by atoms with E-state index >= 15 is 0 Å². The van der Waals surface area contributed by atoms with Gasteiger partial charge in [-0.05, 0) is 51.3 Å². The lowest BCUT2D eigenvalue weighted by atomic mass is 9.95. The van der Waals surface area contributed by atoms with Crippen molar-refractivity contribution in [2.45, 2.75) is 44.9 Å². The van der Waals surface area contributed by atoms with E-state index in [-0.39, 0.29) is 5.91 Å². The van der Waals surface area contributed by atoms with Gasteiger partial charge in [0.2, 0.25) is 5.91 Å². The van der Waals surface area contributed by atoms with E-state index in [0.717, 1.165) is 0 Å². The summed E-state index contributed by atoms with van der Waals surface area (Å²) in [6, 6.07) is 5.08. The van der Waals surface area contributed by atoms with Gasteiger partial charge in [-0.2, -0.15) is 11.8 Å². The fourth-order valence-electron chi connectivity index (χ4n) is 2.99. The summed E-state index contributed by atoms with van der Waals surface area (Å²) in [4.78, 5) is 50.7. The molecule has 2 rings (SSSR count). The molecule has 0 aliphatic carbocycles.